The first kappa shape index (κ1) is 13.2. The summed E-state index contributed by atoms with van der Waals surface area (Å²) in [5.74, 6) is 0. The maximum Gasteiger partial charge on any atom is 0.140 e. The molecule has 0 spiro atoms. The normalized spacial score (nSPS) is 32.5. The average molecular weight is 246 g/mol. The Morgan fingerprint density at radius 2 is 2.12 bits per heavy atom. The Kier molecular flexibility index (Phi) is 4.76. The van der Waals surface area contributed by atoms with Crippen molar-refractivity contribution in [2.75, 3.05) is 33.0 Å². The van der Waals surface area contributed by atoms with Crippen molar-refractivity contribution in [3.8, 4) is 0 Å². The fraction of sp³-hybridized carbons (Fsp3) is 1.00. The van der Waals surface area contributed by atoms with Crippen molar-refractivity contribution in [1.29, 1.82) is 0 Å². The van der Waals surface area contributed by atoms with Crippen molar-refractivity contribution in [2.45, 2.75) is 43.5 Å². The third kappa shape index (κ3) is 4.19. The molecule has 2 rings (SSSR count). The fourth-order valence-corrected chi connectivity index (χ4v) is 1.88. The number of epoxide rings is 2. The minimum absolute atomic E-state index is 0.224. The van der Waals surface area contributed by atoms with E-state index in [1.54, 1.807) is 0 Å². The summed E-state index contributed by atoms with van der Waals surface area (Å²) in [6.45, 7) is 2.65. The van der Waals surface area contributed by atoms with Gasteiger partial charge in [-0.05, 0) is 12.8 Å². The second-order valence-electron chi connectivity index (χ2n) is 4.91. The molecule has 0 aromatic carbocycles. The minimum atomic E-state index is -0.464. The lowest BCUT2D eigenvalue weighted by atomic mass is 9.99. The molecular formula is C12H22O5. The van der Waals surface area contributed by atoms with Crippen LogP contribution in [-0.2, 0) is 14.2 Å². The smallest absolute Gasteiger partial charge is 0.140 e. The van der Waals surface area contributed by atoms with Gasteiger partial charge in [-0.3, -0.25) is 0 Å². The zero-order valence-electron chi connectivity index (χ0n) is 10.1. The van der Waals surface area contributed by atoms with Crippen LogP contribution in [0.25, 0.3) is 0 Å². The van der Waals surface area contributed by atoms with Crippen LogP contribution in [0.4, 0.5) is 0 Å². The van der Waals surface area contributed by atoms with Crippen molar-refractivity contribution >= 4 is 0 Å². The Labute approximate surface area is 102 Å². The summed E-state index contributed by atoms with van der Waals surface area (Å²) < 4.78 is 15.9. The van der Waals surface area contributed by atoms with Crippen LogP contribution in [0.3, 0.4) is 0 Å². The zero-order valence-corrected chi connectivity index (χ0v) is 10.1. The Morgan fingerprint density at radius 1 is 1.35 bits per heavy atom. The summed E-state index contributed by atoms with van der Waals surface area (Å²) >= 11 is 0. The number of hydrogen-bond acceptors (Lipinski definition) is 5. The molecular weight excluding hydrogens is 224 g/mol. The first-order chi connectivity index (χ1) is 8.27. The molecule has 100 valence electrons. The van der Waals surface area contributed by atoms with Crippen molar-refractivity contribution in [3.05, 3.63) is 0 Å². The van der Waals surface area contributed by atoms with Crippen molar-refractivity contribution < 1.29 is 24.4 Å². The van der Waals surface area contributed by atoms with Crippen LogP contribution in [0.5, 0.6) is 0 Å². The predicted molar refractivity (Wildman–Crippen MR) is 60.8 cm³/mol. The molecule has 2 fully saturated rings. The summed E-state index contributed by atoms with van der Waals surface area (Å²) in [5.41, 5.74) is -0.464. The molecule has 0 amide bonds. The van der Waals surface area contributed by atoms with Gasteiger partial charge >= 0.3 is 0 Å². The van der Waals surface area contributed by atoms with Gasteiger partial charge in [-0.1, -0.05) is 12.8 Å². The van der Waals surface area contributed by atoms with Crippen molar-refractivity contribution in [3.63, 3.8) is 0 Å². The summed E-state index contributed by atoms with van der Waals surface area (Å²) in [5, 5.41) is 18.7. The van der Waals surface area contributed by atoms with Crippen molar-refractivity contribution in [2.24, 2.45) is 0 Å². The highest BCUT2D eigenvalue weighted by Gasteiger charge is 2.51. The van der Waals surface area contributed by atoms with Crippen LogP contribution in [-0.4, -0.2) is 61.1 Å². The molecule has 2 aliphatic rings. The molecule has 2 N–H and O–H groups in total. The molecule has 0 aliphatic carbocycles. The molecule has 5 nitrogen and oxygen atoms in total. The molecule has 2 heterocycles. The topological polar surface area (TPSA) is 74.8 Å². The van der Waals surface area contributed by atoms with Crippen LogP contribution in [0.1, 0.15) is 25.7 Å². The maximum absolute atomic E-state index is 10.0. The largest absolute Gasteiger partial charge is 0.396 e. The molecule has 0 aromatic heterocycles. The minimum Gasteiger partial charge on any atom is -0.396 e. The van der Waals surface area contributed by atoms with Gasteiger partial charge in [-0.25, -0.2) is 0 Å². The van der Waals surface area contributed by atoms with Gasteiger partial charge in [0.25, 0.3) is 0 Å². The maximum atomic E-state index is 10.0. The first-order valence-electron chi connectivity index (χ1n) is 6.39. The van der Waals surface area contributed by atoms with Crippen LogP contribution in [0.2, 0.25) is 0 Å². The van der Waals surface area contributed by atoms with Crippen LogP contribution in [0.15, 0.2) is 0 Å². The van der Waals surface area contributed by atoms with Crippen LogP contribution < -0.4 is 0 Å². The van der Waals surface area contributed by atoms with E-state index in [2.05, 4.69) is 0 Å². The Morgan fingerprint density at radius 3 is 2.71 bits per heavy atom. The van der Waals surface area contributed by atoms with E-state index in [-0.39, 0.29) is 12.7 Å². The Balaban J connectivity index is 1.57. The molecule has 2 saturated heterocycles. The van der Waals surface area contributed by atoms with E-state index in [9.17, 15) is 5.11 Å². The molecule has 3 unspecified atom stereocenters. The van der Waals surface area contributed by atoms with Gasteiger partial charge < -0.3 is 24.4 Å². The van der Waals surface area contributed by atoms with E-state index in [4.69, 9.17) is 19.3 Å². The molecule has 0 aromatic rings. The van der Waals surface area contributed by atoms with Gasteiger partial charge in [-0.2, -0.15) is 0 Å². The molecule has 0 bridgehead atoms. The number of aliphatic hydroxyl groups is 2. The van der Waals surface area contributed by atoms with E-state index < -0.39 is 11.7 Å². The van der Waals surface area contributed by atoms with Gasteiger partial charge in [0.05, 0.1) is 32.5 Å². The van der Waals surface area contributed by atoms with Gasteiger partial charge in [-0.15, -0.1) is 0 Å². The van der Waals surface area contributed by atoms with Crippen LogP contribution in [0, 0.1) is 0 Å². The van der Waals surface area contributed by atoms with Gasteiger partial charge in [0.1, 0.15) is 11.7 Å². The Hall–Kier alpha value is -0.200. The molecule has 0 saturated carbocycles. The van der Waals surface area contributed by atoms with Crippen molar-refractivity contribution in [1.82, 2.24) is 0 Å². The average Bonchev–Trinajstić information content (AvgIpc) is 3.18. The van der Waals surface area contributed by atoms with E-state index >= 15 is 0 Å². The van der Waals surface area contributed by atoms with Gasteiger partial charge in [0.2, 0.25) is 0 Å². The number of unbranched alkanes of at least 4 members (excludes halogenated alkanes) is 2. The van der Waals surface area contributed by atoms with Crippen LogP contribution >= 0.6 is 0 Å². The third-order valence-electron chi connectivity index (χ3n) is 3.31. The number of rotatable bonds is 10. The molecule has 3 atom stereocenters. The lowest BCUT2D eigenvalue weighted by Gasteiger charge is -2.18. The monoisotopic (exact) mass is 246 g/mol. The highest BCUT2D eigenvalue weighted by atomic mass is 16.6. The first-order valence-corrected chi connectivity index (χ1v) is 6.39. The standard InChI is InChI=1S/C12H22O5/c13-5-3-1-2-4-11(14)12(9-17-12)8-15-6-10-7-16-10/h10-11,13-14H,1-9H2. The predicted octanol–water partition coefficient (Wildman–Crippen LogP) is 0.0844. The van der Waals surface area contributed by atoms with E-state index in [0.717, 1.165) is 25.9 Å². The number of hydrogen-bond donors (Lipinski definition) is 2. The second-order valence-corrected chi connectivity index (χ2v) is 4.91. The third-order valence-corrected chi connectivity index (χ3v) is 3.31. The van der Waals surface area contributed by atoms with Gasteiger partial charge in [0, 0.05) is 6.61 Å². The highest BCUT2D eigenvalue weighted by Crippen LogP contribution is 2.34. The summed E-state index contributed by atoms with van der Waals surface area (Å²) in [4.78, 5) is 0. The summed E-state index contributed by atoms with van der Waals surface area (Å²) in [7, 11) is 0. The molecule has 17 heavy (non-hydrogen) atoms. The number of ether oxygens (including phenoxy) is 3. The highest BCUT2D eigenvalue weighted by molar-refractivity contribution is 4.98. The lowest BCUT2D eigenvalue weighted by molar-refractivity contribution is -0.00369. The summed E-state index contributed by atoms with van der Waals surface area (Å²) in [6.07, 6.45) is 3.17. The Bertz CT molecular complexity index is 225. The molecule has 0 radical (unpaired) electrons. The van der Waals surface area contributed by atoms with E-state index in [0.29, 0.717) is 26.2 Å². The fourth-order valence-electron chi connectivity index (χ4n) is 1.88. The summed E-state index contributed by atoms with van der Waals surface area (Å²) in [6, 6.07) is 0. The second kappa shape index (κ2) is 6.11. The SMILES string of the molecule is OCCCCCC(O)C1(COCC2CO2)CO1. The molecule has 5 heteroatoms. The quantitative estimate of drug-likeness (QED) is 0.422. The number of aliphatic hydroxyl groups excluding tert-OH is 2. The zero-order chi connectivity index (χ0) is 12.1. The lowest BCUT2D eigenvalue weighted by Crippen LogP contribution is -2.35. The van der Waals surface area contributed by atoms with E-state index in [1.807, 2.05) is 0 Å². The molecule has 2 aliphatic heterocycles. The van der Waals surface area contributed by atoms with E-state index in [1.165, 1.54) is 0 Å². The van der Waals surface area contributed by atoms with Gasteiger partial charge in [0.15, 0.2) is 0 Å².